The molecule has 1 aliphatic carbocycles. The molecule has 1 atom stereocenters. The second kappa shape index (κ2) is 10.7. The summed E-state index contributed by atoms with van der Waals surface area (Å²) >= 11 is 0. The quantitative estimate of drug-likeness (QED) is 0.189. The molecule has 1 heteroatoms. The van der Waals surface area contributed by atoms with Crippen molar-refractivity contribution in [1.29, 1.82) is 0 Å². The van der Waals surface area contributed by atoms with E-state index in [9.17, 15) is 0 Å². The van der Waals surface area contributed by atoms with E-state index in [2.05, 4.69) is 143 Å². The van der Waals surface area contributed by atoms with E-state index >= 15 is 0 Å². The third-order valence-corrected chi connectivity index (χ3v) is 11.7. The average molecular weight is 466 g/mol. The molecule has 0 unspecified atom stereocenters. The predicted octanol–water partition coefficient (Wildman–Crippen LogP) is 7.87. The van der Waals surface area contributed by atoms with Gasteiger partial charge >= 0.3 is 0 Å². The fraction of sp³-hybridized carbons (Fsp3) is 0.273. The lowest BCUT2D eigenvalue weighted by Gasteiger charge is -2.36. The summed E-state index contributed by atoms with van der Waals surface area (Å²) in [5, 5.41) is 4.31. The van der Waals surface area contributed by atoms with Gasteiger partial charge in [-0.1, -0.05) is 97.8 Å². The summed E-state index contributed by atoms with van der Waals surface area (Å²) in [6, 6.07) is 33.4. The maximum Gasteiger partial charge on any atom is 0.115 e. The van der Waals surface area contributed by atoms with Crippen LogP contribution in [-0.4, -0.2) is 6.16 Å². The fourth-order valence-electron chi connectivity index (χ4n) is 5.39. The van der Waals surface area contributed by atoms with Crippen LogP contribution in [0.25, 0.3) is 0 Å². The molecule has 0 spiro atoms. The molecule has 0 nitrogen and oxygen atoms in total. The highest BCUT2D eigenvalue weighted by atomic mass is 31.2. The molecule has 0 amide bonds. The van der Waals surface area contributed by atoms with Crippen molar-refractivity contribution in [2.24, 2.45) is 11.3 Å². The lowest BCUT2D eigenvalue weighted by atomic mass is 9.68. The van der Waals surface area contributed by atoms with Crippen molar-refractivity contribution in [3.05, 3.63) is 126 Å². The predicted molar refractivity (Wildman–Crippen MR) is 153 cm³/mol. The highest BCUT2D eigenvalue weighted by Gasteiger charge is 2.44. The van der Waals surface area contributed by atoms with Crippen LogP contribution in [0.1, 0.15) is 40.5 Å². The van der Waals surface area contributed by atoms with Crippen molar-refractivity contribution in [2.75, 3.05) is 6.16 Å². The molecule has 0 heterocycles. The van der Waals surface area contributed by atoms with Gasteiger partial charge in [0.25, 0.3) is 0 Å². The Labute approximate surface area is 207 Å². The Morgan fingerprint density at radius 3 is 1.74 bits per heavy atom. The summed E-state index contributed by atoms with van der Waals surface area (Å²) in [5.74, 6) is 0.515. The molecule has 0 radical (unpaired) electrons. The number of allylic oxidation sites excluding steroid dienone is 6. The minimum Gasteiger partial charge on any atom is -0.0850 e. The third-order valence-electron chi connectivity index (χ3n) is 7.42. The molecule has 0 N–H and O–H groups in total. The van der Waals surface area contributed by atoms with E-state index in [0.717, 1.165) is 6.16 Å². The van der Waals surface area contributed by atoms with Gasteiger partial charge < -0.3 is 0 Å². The van der Waals surface area contributed by atoms with Crippen molar-refractivity contribution in [3.63, 3.8) is 0 Å². The summed E-state index contributed by atoms with van der Waals surface area (Å²) in [7, 11) is -1.82. The molecule has 0 bridgehead atoms. The van der Waals surface area contributed by atoms with Crippen LogP contribution in [0.4, 0.5) is 0 Å². The lowest BCUT2D eigenvalue weighted by molar-refractivity contribution is 0.255. The molecule has 174 valence electrons. The molecule has 0 aliphatic heterocycles. The van der Waals surface area contributed by atoms with Gasteiger partial charge in [-0.05, 0) is 74.6 Å². The minimum absolute atomic E-state index is 0.324. The molecule has 1 aliphatic rings. The monoisotopic (exact) mass is 465 g/mol. The average Bonchev–Trinajstić information content (AvgIpc) is 2.86. The van der Waals surface area contributed by atoms with Gasteiger partial charge in [0.05, 0.1) is 6.16 Å². The number of rotatable bonds is 7. The first-order chi connectivity index (χ1) is 16.4. The molecule has 0 saturated heterocycles. The smallest absolute Gasteiger partial charge is 0.0850 e. The van der Waals surface area contributed by atoms with Crippen LogP contribution in [-0.2, 0) is 0 Å². The molecule has 0 aromatic heterocycles. The zero-order valence-corrected chi connectivity index (χ0v) is 22.0. The van der Waals surface area contributed by atoms with E-state index in [1.54, 1.807) is 0 Å². The Morgan fingerprint density at radius 2 is 1.29 bits per heavy atom. The van der Waals surface area contributed by atoms with Gasteiger partial charge in [-0.2, -0.15) is 0 Å². The Bertz CT molecular complexity index is 1050. The second-order valence-corrected chi connectivity index (χ2v) is 13.8. The van der Waals surface area contributed by atoms with E-state index in [0.29, 0.717) is 11.3 Å². The molecule has 34 heavy (non-hydrogen) atoms. The number of hydrogen-bond donors (Lipinski definition) is 0. The van der Waals surface area contributed by atoms with Gasteiger partial charge in [0.15, 0.2) is 0 Å². The van der Waals surface area contributed by atoms with E-state index in [4.69, 9.17) is 0 Å². The Kier molecular flexibility index (Phi) is 7.70. The second-order valence-electron chi connectivity index (χ2n) is 10.3. The number of benzene rings is 3. The Balaban J connectivity index is 1.75. The molecule has 3 aromatic rings. The van der Waals surface area contributed by atoms with Crippen LogP contribution >= 0.6 is 7.26 Å². The molecule has 3 aromatic carbocycles. The van der Waals surface area contributed by atoms with Crippen LogP contribution in [0, 0.1) is 11.3 Å². The maximum absolute atomic E-state index is 2.48. The van der Waals surface area contributed by atoms with Crippen molar-refractivity contribution in [1.82, 2.24) is 0 Å². The summed E-state index contributed by atoms with van der Waals surface area (Å²) < 4.78 is 0. The third kappa shape index (κ3) is 5.18. The molecule has 0 saturated carbocycles. The van der Waals surface area contributed by atoms with Crippen molar-refractivity contribution in [2.45, 2.75) is 40.5 Å². The normalized spacial score (nSPS) is 18.6. The highest BCUT2D eigenvalue weighted by Crippen LogP contribution is 2.55. The van der Waals surface area contributed by atoms with Crippen LogP contribution in [0.5, 0.6) is 0 Å². The van der Waals surface area contributed by atoms with Gasteiger partial charge in [0.1, 0.15) is 23.2 Å². The first-order valence-corrected chi connectivity index (χ1v) is 14.5. The van der Waals surface area contributed by atoms with E-state index < -0.39 is 7.26 Å². The van der Waals surface area contributed by atoms with Crippen LogP contribution < -0.4 is 15.9 Å². The van der Waals surface area contributed by atoms with E-state index in [1.807, 2.05) is 0 Å². The van der Waals surface area contributed by atoms with Gasteiger partial charge in [-0.25, -0.2) is 0 Å². The fourth-order valence-corrected chi connectivity index (χ4v) is 9.52. The Morgan fingerprint density at radius 1 is 0.824 bits per heavy atom. The van der Waals surface area contributed by atoms with E-state index in [-0.39, 0.29) is 0 Å². The van der Waals surface area contributed by atoms with Crippen LogP contribution in [0.15, 0.2) is 126 Å². The topological polar surface area (TPSA) is 0 Å². The zero-order chi connectivity index (χ0) is 24.0. The first-order valence-electron chi connectivity index (χ1n) is 12.5. The SMILES string of the molecule is CC1=CCCC(C)(C)[C@@H]1/C=C/C(C)=C/C[P+](c1ccccc1)(c1ccccc1)c1ccccc1. The van der Waals surface area contributed by atoms with Gasteiger partial charge in [0, 0.05) is 5.92 Å². The lowest BCUT2D eigenvalue weighted by Crippen LogP contribution is -2.33. The summed E-state index contributed by atoms with van der Waals surface area (Å²) in [6.45, 7) is 9.38. The first kappa shape index (κ1) is 24.4. The van der Waals surface area contributed by atoms with Crippen LogP contribution in [0.3, 0.4) is 0 Å². The van der Waals surface area contributed by atoms with Crippen molar-refractivity contribution >= 4 is 23.2 Å². The van der Waals surface area contributed by atoms with Gasteiger partial charge in [-0.3, -0.25) is 0 Å². The minimum atomic E-state index is -1.82. The van der Waals surface area contributed by atoms with Crippen molar-refractivity contribution < 1.29 is 0 Å². The maximum atomic E-state index is 2.48. The van der Waals surface area contributed by atoms with Crippen molar-refractivity contribution in [3.8, 4) is 0 Å². The summed E-state index contributed by atoms with van der Waals surface area (Å²) in [5.41, 5.74) is 3.19. The standard InChI is InChI=1S/C33H38P/c1-27(22-23-32-28(2)15-14-25-33(32,3)4)24-26-34(29-16-8-5-9-17-29,30-18-10-6-11-19-30)31-20-12-7-13-21-31/h5-13,15-24,32H,14,25-26H2,1-4H3/q+1/b23-22+,27-24+/t32-/m1/s1. The van der Waals surface area contributed by atoms with E-state index in [1.165, 1.54) is 39.9 Å². The number of hydrogen-bond acceptors (Lipinski definition) is 0. The largest absolute Gasteiger partial charge is 0.115 e. The molecule has 0 fully saturated rings. The Hall–Kier alpha value is -2.69. The van der Waals surface area contributed by atoms with Gasteiger partial charge in [0.2, 0.25) is 0 Å². The van der Waals surface area contributed by atoms with Gasteiger partial charge in [-0.15, -0.1) is 0 Å². The highest BCUT2D eigenvalue weighted by molar-refractivity contribution is 7.95. The molecular weight excluding hydrogens is 427 g/mol. The summed E-state index contributed by atoms with van der Waals surface area (Å²) in [6.07, 6.45) is 13.2. The van der Waals surface area contributed by atoms with Crippen LogP contribution in [0.2, 0.25) is 0 Å². The summed E-state index contributed by atoms with van der Waals surface area (Å²) in [4.78, 5) is 0. The molecular formula is C33H38P+. The zero-order valence-electron chi connectivity index (χ0n) is 21.1. The molecule has 4 rings (SSSR count).